The van der Waals surface area contributed by atoms with Crippen LogP contribution in [-0.4, -0.2) is 35.6 Å². The van der Waals surface area contributed by atoms with Gasteiger partial charge in [0.2, 0.25) is 11.8 Å². The van der Waals surface area contributed by atoms with Crippen LogP contribution in [0, 0.1) is 5.92 Å². The van der Waals surface area contributed by atoms with Crippen LogP contribution < -0.4 is 5.73 Å². The van der Waals surface area contributed by atoms with Crippen LogP contribution in [0.3, 0.4) is 0 Å². The minimum atomic E-state index is -0.294. The lowest BCUT2D eigenvalue weighted by Crippen LogP contribution is -2.40. The van der Waals surface area contributed by atoms with Crippen LogP contribution in [0.5, 0.6) is 0 Å². The van der Waals surface area contributed by atoms with E-state index < -0.39 is 0 Å². The number of ketones is 1. The Bertz CT molecular complexity index is 846. The standard InChI is InChI=1S/C24H28N2O3/c25-23(28)14-8-18-5-4-16-26(17-18)24(29)15-13-22(27)21-11-9-20(10-12-21)19-6-2-1-3-7-19/h1-3,6-7,9-12,18H,4-5,8,13-17H2,(H2,25,28). The summed E-state index contributed by atoms with van der Waals surface area (Å²) < 4.78 is 0. The number of piperidine rings is 1. The van der Waals surface area contributed by atoms with E-state index in [9.17, 15) is 14.4 Å². The molecule has 0 saturated carbocycles. The zero-order valence-electron chi connectivity index (χ0n) is 16.7. The predicted molar refractivity (Wildman–Crippen MR) is 113 cm³/mol. The van der Waals surface area contributed by atoms with Crippen molar-refractivity contribution in [2.45, 2.75) is 38.5 Å². The predicted octanol–water partition coefficient (Wildman–Crippen LogP) is 3.82. The average molecular weight is 392 g/mol. The summed E-state index contributed by atoms with van der Waals surface area (Å²) in [6.45, 7) is 1.39. The van der Waals surface area contributed by atoms with E-state index in [0.717, 1.165) is 36.9 Å². The number of amides is 2. The Morgan fingerprint density at radius 2 is 1.59 bits per heavy atom. The molecule has 2 aromatic carbocycles. The summed E-state index contributed by atoms with van der Waals surface area (Å²) in [6.07, 6.45) is 3.48. The molecule has 0 bridgehead atoms. The van der Waals surface area contributed by atoms with Gasteiger partial charge in [-0.25, -0.2) is 0 Å². The molecule has 5 nitrogen and oxygen atoms in total. The minimum absolute atomic E-state index is 0.0137. The van der Waals surface area contributed by atoms with Crippen molar-refractivity contribution in [1.29, 1.82) is 0 Å². The second kappa shape index (κ2) is 10.0. The second-order valence-electron chi connectivity index (χ2n) is 7.72. The summed E-state index contributed by atoms with van der Waals surface area (Å²) in [5.41, 5.74) is 8.03. The van der Waals surface area contributed by atoms with Gasteiger partial charge in [-0.2, -0.15) is 0 Å². The molecule has 29 heavy (non-hydrogen) atoms. The molecular formula is C24H28N2O3. The minimum Gasteiger partial charge on any atom is -0.370 e. The molecule has 2 amide bonds. The Labute approximate surface area is 171 Å². The van der Waals surface area contributed by atoms with Crippen LogP contribution >= 0.6 is 0 Å². The highest BCUT2D eigenvalue weighted by molar-refractivity contribution is 5.98. The lowest BCUT2D eigenvalue weighted by molar-refractivity contribution is -0.133. The number of carbonyl (C=O) groups excluding carboxylic acids is 3. The van der Waals surface area contributed by atoms with Crippen molar-refractivity contribution in [2.75, 3.05) is 13.1 Å². The summed E-state index contributed by atoms with van der Waals surface area (Å²) in [4.78, 5) is 37.8. The fourth-order valence-electron chi connectivity index (χ4n) is 3.88. The molecule has 1 aliphatic rings. The van der Waals surface area contributed by atoms with Crippen molar-refractivity contribution >= 4 is 17.6 Å². The molecular weight excluding hydrogens is 364 g/mol. The Kier molecular flexibility index (Phi) is 7.17. The van der Waals surface area contributed by atoms with Gasteiger partial charge < -0.3 is 10.6 Å². The first-order chi connectivity index (χ1) is 14.0. The number of hydrogen-bond acceptors (Lipinski definition) is 3. The molecule has 1 aliphatic heterocycles. The number of nitrogens with zero attached hydrogens (tertiary/aromatic N) is 1. The van der Waals surface area contributed by atoms with E-state index in [0.29, 0.717) is 24.4 Å². The molecule has 1 heterocycles. The van der Waals surface area contributed by atoms with Crippen LogP contribution in [0.25, 0.3) is 11.1 Å². The molecule has 3 rings (SSSR count). The lowest BCUT2D eigenvalue weighted by Gasteiger charge is -2.32. The van der Waals surface area contributed by atoms with E-state index in [1.54, 1.807) is 0 Å². The molecule has 0 spiro atoms. The largest absolute Gasteiger partial charge is 0.370 e. The quantitative estimate of drug-likeness (QED) is 0.694. The number of benzene rings is 2. The number of primary amides is 1. The molecule has 1 unspecified atom stereocenters. The maximum Gasteiger partial charge on any atom is 0.223 e. The van der Waals surface area contributed by atoms with Gasteiger partial charge in [-0.3, -0.25) is 14.4 Å². The van der Waals surface area contributed by atoms with Crippen LogP contribution in [0.15, 0.2) is 54.6 Å². The van der Waals surface area contributed by atoms with Gasteiger partial charge in [0.05, 0.1) is 0 Å². The summed E-state index contributed by atoms with van der Waals surface area (Å²) >= 11 is 0. The van der Waals surface area contributed by atoms with Crippen molar-refractivity contribution in [3.63, 3.8) is 0 Å². The van der Waals surface area contributed by atoms with Gasteiger partial charge in [-0.1, -0.05) is 54.6 Å². The summed E-state index contributed by atoms with van der Waals surface area (Å²) in [5, 5.41) is 0. The molecule has 0 aromatic heterocycles. The molecule has 1 saturated heterocycles. The van der Waals surface area contributed by atoms with Gasteiger partial charge in [0.15, 0.2) is 5.78 Å². The molecule has 0 aliphatic carbocycles. The van der Waals surface area contributed by atoms with E-state index in [4.69, 9.17) is 5.73 Å². The van der Waals surface area contributed by atoms with Crippen molar-refractivity contribution < 1.29 is 14.4 Å². The Morgan fingerprint density at radius 1 is 0.897 bits per heavy atom. The zero-order chi connectivity index (χ0) is 20.6. The Morgan fingerprint density at radius 3 is 2.28 bits per heavy atom. The first-order valence-corrected chi connectivity index (χ1v) is 10.3. The topological polar surface area (TPSA) is 80.5 Å². The maximum absolute atomic E-state index is 12.5. The number of nitrogens with two attached hydrogens (primary N) is 1. The first-order valence-electron chi connectivity index (χ1n) is 10.3. The fourth-order valence-corrected chi connectivity index (χ4v) is 3.88. The third-order valence-electron chi connectivity index (χ3n) is 5.55. The summed E-state index contributed by atoms with van der Waals surface area (Å²) in [6, 6.07) is 17.6. The van der Waals surface area contributed by atoms with Crippen molar-refractivity contribution in [3.05, 3.63) is 60.2 Å². The van der Waals surface area contributed by atoms with Crippen LogP contribution in [-0.2, 0) is 9.59 Å². The highest BCUT2D eigenvalue weighted by atomic mass is 16.2. The molecule has 0 radical (unpaired) electrons. The van der Waals surface area contributed by atoms with E-state index in [-0.39, 0.29) is 30.4 Å². The van der Waals surface area contributed by atoms with Gasteiger partial charge in [0, 0.05) is 37.9 Å². The summed E-state index contributed by atoms with van der Waals surface area (Å²) in [5.74, 6) is 0.0297. The lowest BCUT2D eigenvalue weighted by atomic mass is 9.93. The monoisotopic (exact) mass is 392 g/mol. The number of hydrogen-bond donors (Lipinski definition) is 1. The zero-order valence-corrected chi connectivity index (χ0v) is 16.7. The van der Waals surface area contributed by atoms with Gasteiger partial charge in [-0.05, 0) is 36.3 Å². The first kappa shape index (κ1) is 20.8. The second-order valence-corrected chi connectivity index (χ2v) is 7.72. The third-order valence-corrected chi connectivity index (χ3v) is 5.55. The normalized spacial score (nSPS) is 16.4. The third kappa shape index (κ3) is 6.01. The van der Waals surface area contributed by atoms with E-state index in [2.05, 4.69) is 0 Å². The molecule has 5 heteroatoms. The van der Waals surface area contributed by atoms with Gasteiger partial charge in [0.1, 0.15) is 0 Å². The SMILES string of the molecule is NC(=O)CCC1CCCN(C(=O)CCC(=O)c2ccc(-c3ccccc3)cc2)C1. The molecule has 1 fully saturated rings. The molecule has 152 valence electrons. The number of likely N-dealkylation sites (tertiary alicyclic amines) is 1. The molecule has 2 aromatic rings. The van der Waals surface area contributed by atoms with Crippen LogP contribution in [0.4, 0.5) is 0 Å². The Hall–Kier alpha value is -2.95. The van der Waals surface area contributed by atoms with E-state index in [1.807, 2.05) is 59.5 Å². The van der Waals surface area contributed by atoms with E-state index >= 15 is 0 Å². The molecule has 1 atom stereocenters. The highest BCUT2D eigenvalue weighted by Crippen LogP contribution is 2.23. The van der Waals surface area contributed by atoms with Gasteiger partial charge in [0.25, 0.3) is 0 Å². The van der Waals surface area contributed by atoms with Crippen molar-refractivity contribution in [2.24, 2.45) is 11.7 Å². The van der Waals surface area contributed by atoms with Crippen molar-refractivity contribution in [1.82, 2.24) is 4.90 Å². The maximum atomic E-state index is 12.5. The number of rotatable bonds is 8. The number of Topliss-reactive ketones (excluding diaryl/α,β-unsaturated/α-hetero) is 1. The summed E-state index contributed by atoms with van der Waals surface area (Å²) in [7, 11) is 0. The Balaban J connectivity index is 1.49. The molecule has 2 N–H and O–H groups in total. The van der Waals surface area contributed by atoms with Crippen LogP contribution in [0.1, 0.15) is 48.9 Å². The highest BCUT2D eigenvalue weighted by Gasteiger charge is 2.24. The fraction of sp³-hybridized carbons (Fsp3) is 0.375. The van der Waals surface area contributed by atoms with Gasteiger partial charge >= 0.3 is 0 Å². The van der Waals surface area contributed by atoms with E-state index in [1.165, 1.54) is 0 Å². The number of carbonyl (C=O) groups is 3. The van der Waals surface area contributed by atoms with Crippen LogP contribution in [0.2, 0.25) is 0 Å². The van der Waals surface area contributed by atoms with Gasteiger partial charge in [-0.15, -0.1) is 0 Å². The van der Waals surface area contributed by atoms with Crippen molar-refractivity contribution in [3.8, 4) is 11.1 Å². The smallest absolute Gasteiger partial charge is 0.223 e. The average Bonchev–Trinajstić information content (AvgIpc) is 2.76.